The first kappa shape index (κ1) is 29.5. The number of carbonyl (C=O) groups is 2. The zero-order valence-corrected chi connectivity index (χ0v) is 19.4. The molecule has 17 heteroatoms. The van der Waals surface area contributed by atoms with Crippen LogP contribution in [0.15, 0.2) is 18.5 Å². The number of imidazole rings is 1. The molecule has 2 fully saturated rings. The van der Waals surface area contributed by atoms with Gasteiger partial charge in [0.1, 0.15) is 23.7 Å². The van der Waals surface area contributed by atoms with E-state index < -0.39 is 54.6 Å². The molecule has 3 unspecified atom stereocenters. The molecule has 0 aromatic carbocycles. The summed E-state index contributed by atoms with van der Waals surface area (Å²) in [5, 5.41) is 25.3. The molecule has 4 atom stereocenters. The number of hydrogen-bond donors (Lipinski definition) is 3. The number of amides is 1. The van der Waals surface area contributed by atoms with Gasteiger partial charge >= 0.3 is 12.4 Å². The van der Waals surface area contributed by atoms with Gasteiger partial charge in [0.25, 0.3) is 0 Å². The number of carbonyl (C=O) groups excluding carboxylic acids is 2. The number of alkyl halides is 8. The number of aromatic nitrogens is 3. The van der Waals surface area contributed by atoms with E-state index in [2.05, 4.69) is 15.8 Å². The molecule has 9 nitrogen and oxygen atoms in total. The van der Waals surface area contributed by atoms with Gasteiger partial charge in [0.2, 0.25) is 11.8 Å². The molecule has 0 radical (unpaired) electrons. The van der Waals surface area contributed by atoms with Crippen molar-refractivity contribution in [3.63, 3.8) is 0 Å². The molecular formula is C21H23F8N5O4. The van der Waals surface area contributed by atoms with Gasteiger partial charge in [-0.15, -0.1) is 0 Å². The number of nitrogens with zero attached hydrogens (tertiary/aromatic N) is 3. The smallest absolute Gasteiger partial charge is 0.430 e. The Bertz CT molecular complexity index is 1160. The second-order valence-corrected chi connectivity index (χ2v) is 9.23. The molecule has 1 saturated heterocycles. The van der Waals surface area contributed by atoms with Gasteiger partial charge in [-0.25, -0.2) is 18.3 Å². The van der Waals surface area contributed by atoms with Crippen molar-refractivity contribution in [1.29, 1.82) is 0 Å². The topological polar surface area (TPSA) is 147 Å². The summed E-state index contributed by atoms with van der Waals surface area (Å²) in [6.07, 6.45) is -8.62. The minimum absolute atomic E-state index is 0.0453. The van der Waals surface area contributed by atoms with Crippen LogP contribution < -0.4 is 16.2 Å². The predicted molar refractivity (Wildman–Crippen MR) is 108 cm³/mol. The molecule has 1 amide bonds. The summed E-state index contributed by atoms with van der Waals surface area (Å²) < 4.78 is 98.5. The molecule has 1 aliphatic heterocycles. The quantitative estimate of drug-likeness (QED) is 0.479. The lowest BCUT2D eigenvalue weighted by Crippen LogP contribution is -2.57. The molecule has 0 bridgehead atoms. The highest BCUT2D eigenvalue weighted by atomic mass is 19.4. The first-order valence-corrected chi connectivity index (χ1v) is 11.3. The normalized spacial score (nSPS) is 23.9. The number of rotatable bonds is 4. The zero-order chi connectivity index (χ0) is 28.6. The van der Waals surface area contributed by atoms with Crippen molar-refractivity contribution < 1.29 is 60.7 Å². The summed E-state index contributed by atoms with van der Waals surface area (Å²) in [6, 6.07) is -0.861. The van der Waals surface area contributed by atoms with Crippen molar-refractivity contribution in [2.75, 3.05) is 0 Å². The molecule has 3 heterocycles. The average molecular weight is 561 g/mol. The van der Waals surface area contributed by atoms with Crippen LogP contribution in [0.2, 0.25) is 0 Å². The van der Waals surface area contributed by atoms with Gasteiger partial charge in [0.15, 0.2) is 5.65 Å². The van der Waals surface area contributed by atoms with Crippen LogP contribution in [0, 0.1) is 11.8 Å². The average Bonchev–Trinajstić information content (AvgIpc) is 3.41. The van der Waals surface area contributed by atoms with Crippen molar-refractivity contribution >= 4 is 17.5 Å². The van der Waals surface area contributed by atoms with E-state index in [1.807, 2.05) is 5.32 Å². The number of nitrogens with one attached hydrogen (secondary N) is 1. The van der Waals surface area contributed by atoms with E-state index >= 15 is 0 Å². The van der Waals surface area contributed by atoms with Gasteiger partial charge in [-0.3, -0.25) is 4.79 Å². The molecule has 4 rings (SSSR count). The second kappa shape index (κ2) is 10.6. The van der Waals surface area contributed by atoms with Gasteiger partial charge in [-0.05, 0) is 25.3 Å². The number of carboxylic acids is 1. The number of hydrogen-bond acceptors (Lipinski definition) is 6. The van der Waals surface area contributed by atoms with Crippen molar-refractivity contribution in [2.24, 2.45) is 11.8 Å². The predicted octanol–water partition coefficient (Wildman–Crippen LogP) is 1.24. The Morgan fingerprint density at radius 2 is 1.79 bits per heavy atom. The molecular weight excluding hydrogens is 538 g/mol. The third-order valence-electron chi connectivity index (χ3n) is 6.56. The number of carboxylic acid groups (broad SMARTS) is 1. The number of aliphatic carboxylic acids is 1. The SMILES string of the molecule is O=C([O-])C(F)(F)F.[NH3+][C@H](c1cn2ncc(C(O)C3CC(C(F)(F)F)NC3=O)cc2n1)C1CCC(F)(F)CC1. The van der Waals surface area contributed by atoms with Crippen LogP contribution in [0.5, 0.6) is 0 Å². The maximum atomic E-state index is 13.4. The Morgan fingerprint density at radius 1 is 1.21 bits per heavy atom. The lowest BCUT2D eigenvalue weighted by Gasteiger charge is -2.29. The van der Waals surface area contributed by atoms with E-state index in [0.717, 1.165) is 0 Å². The minimum atomic E-state index is -5.19. The Labute approximate surface area is 209 Å². The number of aliphatic hydroxyl groups excluding tert-OH is 1. The van der Waals surface area contributed by atoms with Gasteiger partial charge in [-0.2, -0.15) is 31.4 Å². The van der Waals surface area contributed by atoms with Crippen LogP contribution in [0.3, 0.4) is 0 Å². The number of quaternary nitrogens is 1. The van der Waals surface area contributed by atoms with Crippen LogP contribution in [-0.4, -0.2) is 55.9 Å². The highest BCUT2D eigenvalue weighted by molar-refractivity contribution is 5.82. The molecule has 38 heavy (non-hydrogen) atoms. The van der Waals surface area contributed by atoms with Crippen LogP contribution in [0.4, 0.5) is 35.1 Å². The fraction of sp³-hybridized carbons (Fsp3) is 0.619. The van der Waals surface area contributed by atoms with Crippen LogP contribution >= 0.6 is 0 Å². The monoisotopic (exact) mass is 561 g/mol. The van der Waals surface area contributed by atoms with Crippen LogP contribution in [0.1, 0.15) is 55.5 Å². The molecule has 5 N–H and O–H groups in total. The summed E-state index contributed by atoms with van der Waals surface area (Å²) in [7, 11) is 0. The lowest BCUT2D eigenvalue weighted by atomic mass is 9.81. The highest BCUT2D eigenvalue weighted by Crippen LogP contribution is 2.40. The van der Waals surface area contributed by atoms with Crippen molar-refractivity contribution in [3.05, 3.63) is 29.7 Å². The Kier molecular flexibility index (Phi) is 8.21. The van der Waals surface area contributed by atoms with E-state index in [0.29, 0.717) is 24.2 Å². The maximum Gasteiger partial charge on any atom is 0.430 e. The maximum absolute atomic E-state index is 13.4. The largest absolute Gasteiger partial charge is 0.542 e. The standard InChI is InChI=1S/C19H22F5N5O2.C2HF3O2/c20-18(21)3-1-9(2-4-18)15(25)12-8-29-14(27-12)5-10(7-26-29)16(30)11-6-13(19(22,23)24)28-17(11)31;3-2(4,5)1(6)7/h5,7-9,11,13,15-16,30H,1-4,6,25H2,(H,28,31);(H,6,7)/t11?,13?,15-,16?;/m0./s1. The van der Waals surface area contributed by atoms with E-state index in [-0.39, 0.29) is 30.4 Å². The summed E-state index contributed by atoms with van der Waals surface area (Å²) in [5.74, 6) is -7.82. The van der Waals surface area contributed by atoms with E-state index in [1.165, 1.54) is 16.8 Å². The van der Waals surface area contributed by atoms with Crippen molar-refractivity contribution in [2.45, 2.75) is 68.6 Å². The minimum Gasteiger partial charge on any atom is -0.542 e. The molecule has 212 valence electrons. The van der Waals surface area contributed by atoms with Crippen molar-refractivity contribution in [3.8, 4) is 0 Å². The summed E-state index contributed by atoms with van der Waals surface area (Å²) in [6.45, 7) is 0. The summed E-state index contributed by atoms with van der Waals surface area (Å²) >= 11 is 0. The van der Waals surface area contributed by atoms with Gasteiger partial charge < -0.3 is 26.1 Å². The van der Waals surface area contributed by atoms with Gasteiger partial charge in [0.05, 0.1) is 24.4 Å². The third-order valence-corrected chi connectivity index (χ3v) is 6.56. The highest BCUT2D eigenvalue weighted by Gasteiger charge is 2.50. The molecule has 2 aromatic rings. The van der Waals surface area contributed by atoms with E-state index in [9.17, 15) is 45.0 Å². The van der Waals surface area contributed by atoms with E-state index in [1.54, 1.807) is 6.20 Å². The van der Waals surface area contributed by atoms with Crippen LogP contribution in [0.25, 0.3) is 5.65 Å². The van der Waals surface area contributed by atoms with E-state index in [4.69, 9.17) is 9.90 Å². The summed E-state index contributed by atoms with van der Waals surface area (Å²) in [5.41, 5.74) is 5.14. The fourth-order valence-corrected chi connectivity index (χ4v) is 4.38. The van der Waals surface area contributed by atoms with Gasteiger partial charge in [-0.1, -0.05) is 0 Å². The fourth-order valence-electron chi connectivity index (χ4n) is 4.38. The molecule has 2 aromatic heterocycles. The number of halogens is 8. The number of fused-ring (bicyclic) bond motifs is 1. The molecule has 1 aliphatic carbocycles. The first-order valence-electron chi connectivity index (χ1n) is 11.3. The number of aliphatic hydroxyl groups is 1. The molecule has 1 saturated carbocycles. The molecule has 0 spiro atoms. The third kappa shape index (κ3) is 6.86. The first-order chi connectivity index (χ1) is 17.4. The second-order valence-electron chi connectivity index (χ2n) is 9.23. The van der Waals surface area contributed by atoms with Gasteiger partial charge in [0, 0.05) is 24.3 Å². The summed E-state index contributed by atoms with van der Waals surface area (Å²) in [4.78, 5) is 25.2. The Morgan fingerprint density at radius 3 is 2.29 bits per heavy atom. The zero-order valence-electron chi connectivity index (χ0n) is 19.4. The Balaban J connectivity index is 0.000000505. The molecule has 2 aliphatic rings. The lowest BCUT2D eigenvalue weighted by molar-refractivity contribution is -0.443. The van der Waals surface area contributed by atoms with Crippen LogP contribution in [-0.2, 0) is 9.59 Å². The van der Waals surface area contributed by atoms with Crippen molar-refractivity contribution in [1.82, 2.24) is 19.9 Å². The Hall–Kier alpha value is -3.08.